The van der Waals surface area contributed by atoms with Gasteiger partial charge in [-0.05, 0) is 24.6 Å². The van der Waals surface area contributed by atoms with E-state index in [2.05, 4.69) is 5.32 Å². The number of hydrogen-bond acceptors (Lipinski definition) is 4. The molecule has 0 unspecified atom stereocenters. The first-order chi connectivity index (χ1) is 10.3. The van der Waals surface area contributed by atoms with Gasteiger partial charge in [-0.15, -0.1) is 0 Å². The normalized spacial score (nSPS) is 13.8. The molecule has 0 aliphatic carbocycles. The Morgan fingerprint density at radius 2 is 1.64 bits per heavy atom. The van der Waals surface area contributed by atoms with E-state index in [1.165, 1.54) is 17.0 Å². The minimum absolute atomic E-state index is 0.0111. The largest absolute Gasteiger partial charge is 0.478 e. The SMILES string of the molecule is Cc1ccc(C(=O)O)cc1C(=O)O.O=C(O)N1CCNCC1. The summed E-state index contributed by atoms with van der Waals surface area (Å²) in [5.41, 5.74) is 0.570. The quantitative estimate of drug-likeness (QED) is 0.640. The maximum absolute atomic E-state index is 10.6. The lowest BCUT2D eigenvalue weighted by atomic mass is 10.1. The molecule has 1 amide bonds. The second kappa shape index (κ2) is 7.99. The molecule has 8 nitrogen and oxygen atoms in total. The van der Waals surface area contributed by atoms with Gasteiger partial charge in [-0.3, -0.25) is 0 Å². The third kappa shape index (κ3) is 5.06. The number of carboxylic acid groups (broad SMARTS) is 3. The number of amides is 1. The molecule has 0 saturated carbocycles. The summed E-state index contributed by atoms with van der Waals surface area (Å²) in [6.45, 7) is 4.43. The van der Waals surface area contributed by atoms with E-state index >= 15 is 0 Å². The number of piperazine rings is 1. The molecule has 22 heavy (non-hydrogen) atoms. The van der Waals surface area contributed by atoms with Crippen LogP contribution in [0.5, 0.6) is 0 Å². The molecule has 120 valence electrons. The van der Waals surface area contributed by atoms with Crippen molar-refractivity contribution in [3.05, 3.63) is 34.9 Å². The van der Waals surface area contributed by atoms with Crippen LogP contribution in [0.1, 0.15) is 26.3 Å². The zero-order valence-corrected chi connectivity index (χ0v) is 12.1. The summed E-state index contributed by atoms with van der Waals surface area (Å²) in [5.74, 6) is -2.23. The van der Waals surface area contributed by atoms with Crippen LogP contribution in [-0.2, 0) is 0 Å². The molecule has 1 aliphatic heterocycles. The van der Waals surface area contributed by atoms with Gasteiger partial charge in [0.2, 0.25) is 0 Å². The summed E-state index contributed by atoms with van der Waals surface area (Å²) in [4.78, 5) is 32.8. The molecule has 0 radical (unpaired) electrons. The summed E-state index contributed by atoms with van der Waals surface area (Å²) in [5, 5.41) is 28.8. The minimum Gasteiger partial charge on any atom is -0.478 e. The van der Waals surface area contributed by atoms with Crippen molar-refractivity contribution < 1.29 is 29.7 Å². The Balaban J connectivity index is 0.000000235. The lowest BCUT2D eigenvalue weighted by molar-refractivity contribution is 0.0695. The van der Waals surface area contributed by atoms with Crippen molar-refractivity contribution in [2.45, 2.75) is 6.92 Å². The molecule has 1 aliphatic rings. The number of rotatable bonds is 2. The van der Waals surface area contributed by atoms with Crippen LogP contribution in [0.15, 0.2) is 18.2 Å². The van der Waals surface area contributed by atoms with Gasteiger partial charge in [0.25, 0.3) is 0 Å². The third-order valence-electron chi connectivity index (χ3n) is 3.10. The van der Waals surface area contributed by atoms with E-state index < -0.39 is 18.0 Å². The monoisotopic (exact) mass is 310 g/mol. The molecule has 4 N–H and O–H groups in total. The van der Waals surface area contributed by atoms with E-state index in [0.717, 1.165) is 19.2 Å². The van der Waals surface area contributed by atoms with Crippen LogP contribution in [0, 0.1) is 6.92 Å². The van der Waals surface area contributed by atoms with Gasteiger partial charge in [0.05, 0.1) is 11.1 Å². The van der Waals surface area contributed by atoms with Gasteiger partial charge in [-0.2, -0.15) is 0 Å². The maximum atomic E-state index is 10.6. The number of aryl methyl sites for hydroxylation is 1. The zero-order chi connectivity index (χ0) is 16.7. The Bertz CT molecular complexity index is 566. The minimum atomic E-state index is -1.12. The van der Waals surface area contributed by atoms with Gasteiger partial charge in [0.15, 0.2) is 0 Å². The molecule has 1 heterocycles. The van der Waals surface area contributed by atoms with E-state index in [4.69, 9.17) is 15.3 Å². The number of hydrogen-bond donors (Lipinski definition) is 4. The molecule has 1 saturated heterocycles. The van der Waals surface area contributed by atoms with Crippen molar-refractivity contribution in [1.82, 2.24) is 10.2 Å². The highest BCUT2D eigenvalue weighted by Gasteiger charge is 2.13. The summed E-state index contributed by atoms with van der Waals surface area (Å²) in [6.07, 6.45) is -0.809. The van der Waals surface area contributed by atoms with Gasteiger partial charge in [0, 0.05) is 26.2 Å². The van der Waals surface area contributed by atoms with Crippen LogP contribution < -0.4 is 5.32 Å². The number of carbonyl (C=O) groups is 3. The average Bonchev–Trinajstić information content (AvgIpc) is 2.48. The van der Waals surface area contributed by atoms with Gasteiger partial charge in [-0.1, -0.05) is 6.07 Å². The van der Waals surface area contributed by atoms with Gasteiger partial charge < -0.3 is 25.5 Å². The van der Waals surface area contributed by atoms with E-state index in [1.807, 2.05) is 0 Å². The first-order valence-corrected chi connectivity index (χ1v) is 6.58. The van der Waals surface area contributed by atoms with Crippen LogP contribution in [0.4, 0.5) is 4.79 Å². The second-order valence-corrected chi connectivity index (χ2v) is 4.66. The van der Waals surface area contributed by atoms with Crippen molar-refractivity contribution >= 4 is 18.0 Å². The molecule has 1 aromatic carbocycles. The van der Waals surface area contributed by atoms with Gasteiger partial charge in [0.1, 0.15) is 0 Å². The molecular weight excluding hydrogens is 292 g/mol. The number of carboxylic acids is 2. The van der Waals surface area contributed by atoms with Crippen LogP contribution in [0.3, 0.4) is 0 Å². The summed E-state index contributed by atoms with van der Waals surface area (Å²) in [7, 11) is 0. The number of aromatic carboxylic acids is 2. The van der Waals surface area contributed by atoms with Gasteiger partial charge >= 0.3 is 18.0 Å². The molecule has 0 spiro atoms. The predicted octanol–water partition coefficient (Wildman–Crippen LogP) is 0.961. The van der Waals surface area contributed by atoms with Crippen molar-refractivity contribution in [2.24, 2.45) is 0 Å². The van der Waals surface area contributed by atoms with Crippen LogP contribution in [-0.4, -0.2) is 64.4 Å². The highest BCUT2D eigenvalue weighted by molar-refractivity contribution is 5.94. The number of benzene rings is 1. The lowest BCUT2D eigenvalue weighted by Crippen LogP contribution is -2.45. The fourth-order valence-electron chi connectivity index (χ4n) is 1.84. The van der Waals surface area contributed by atoms with Crippen molar-refractivity contribution in [2.75, 3.05) is 26.2 Å². The lowest BCUT2D eigenvalue weighted by Gasteiger charge is -2.23. The molecule has 8 heteroatoms. The third-order valence-corrected chi connectivity index (χ3v) is 3.10. The Morgan fingerprint density at radius 3 is 2.05 bits per heavy atom. The van der Waals surface area contributed by atoms with Crippen LogP contribution >= 0.6 is 0 Å². The summed E-state index contributed by atoms with van der Waals surface area (Å²) < 4.78 is 0. The number of nitrogens with one attached hydrogen (secondary N) is 1. The van der Waals surface area contributed by atoms with E-state index in [-0.39, 0.29) is 11.1 Å². The van der Waals surface area contributed by atoms with Crippen molar-refractivity contribution in [3.8, 4) is 0 Å². The Kier molecular flexibility index (Phi) is 6.33. The van der Waals surface area contributed by atoms with E-state index in [0.29, 0.717) is 18.7 Å². The summed E-state index contributed by atoms with van der Waals surface area (Å²) in [6, 6.07) is 4.01. The molecule has 0 atom stereocenters. The van der Waals surface area contributed by atoms with Gasteiger partial charge in [-0.25, -0.2) is 14.4 Å². The second-order valence-electron chi connectivity index (χ2n) is 4.66. The standard InChI is InChI=1S/C9H8O4.C5H10N2O2/c1-5-2-3-6(8(10)11)4-7(5)9(12)13;8-5(9)7-3-1-6-2-4-7/h2-4H,1H3,(H,10,11)(H,12,13);6H,1-4H2,(H,8,9). The Labute approximate surface area is 127 Å². The molecule has 1 aromatic rings. The highest BCUT2D eigenvalue weighted by Crippen LogP contribution is 2.11. The van der Waals surface area contributed by atoms with Crippen LogP contribution in [0.25, 0.3) is 0 Å². The number of nitrogens with zero attached hydrogens (tertiary/aromatic N) is 1. The summed E-state index contributed by atoms with van der Waals surface area (Å²) >= 11 is 0. The first kappa shape index (κ1) is 17.4. The predicted molar refractivity (Wildman–Crippen MR) is 77.6 cm³/mol. The molecule has 0 bridgehead atoms. The zero-order valence-electron chi connectivity index (χ0n) is 12.1. The fraction of sp³-hybridized carbons (Fsp3) is 0.357. The molecule has 1 fully saturated rings. The average molecular weight is 310 g/mol. The maximum Gasteiger partial charge on any atom is 0.407 e. The Morgan fingerprint density at radius 1 is 1.05 bits per heavy atom. The Hall–Kier alpha value is -2.61. The van der Waals surface area contributed by atoms with Crippen LogP contribution in [0.2, 0.25) is 0 Å². The molecule has 0 aromatic heterocycles. The van der Waals surface area contributed by atoms with Crippen molar-refractivity contribution in [3.63, 3.8) is 0 Å². The highest BCUT2D eigenvalue weighted by atomic mass is 16.4. The first-order valence-electron chi connectivity index (χ1n) is 6.58. The fourth-order valence-corrected chi connectivity index (χ4v) is 1.84. The molecule has 2 rings (SSSR count). The van der Waals surface area contributed by atoms with Crippen molar-refractivity contribution in [1.29, 1.82) is 0 Å². The smallest absolute Gasteiger partial charge is 0.407 e. The molecular formula is C14H18N2O6. The van der Waals surface area contributed by atoms with E-state index in [9.17, 15) is 14.4 Å². The van der Waals surface area contributed by atoms with E-state index in [1.54, 1.807) is 6.92 Å². The topological polar surface area (TPSA) is 127 Å².